The van der Waals surface area contributed by atoms with Crippen LogP contribution in [-0.4, -0.2) is 49.4 Å². The van der Waals surface area contributed by atoms with Crippen LogP contribution in [0.25, 0.3) is 0 Å². The smallest absolute Gasteiger partial charge is 0.239 e. The molecule has 1 aliphatic rings. The summed E-state index contributed by atoms with van der Waals surface area (Å²) in [6, 6.07) is 0.253. The van der Waals surface area contributed by atoms with Gasteiger partial charge in [0.05, 0.1) is 6.54 Å². The number of nitrogens with zero attached hydrogens (tertiary/aromatic N) is 1. The van der Waals surface area contributed by atoms with Gasteiger partial charge in [0, 0.05) is 25.6 Å². The van der Waals surface area contributed by atoms with Crippen LogP contribution in [0.1, 0.15) is 19.8 Å². The molecule has 0 bridgehead atoms. The molecule has 86 valence electrons. The standard InChI is InChI=1S/C10H19N3O2/c1-8(11-2)6-12-9(14)7-13-5-3-4-10(13)15/h8,11H,3-7H2,1-2H3,(H,12,14). The van der Waals surface area contributed by atoms with Gasteiger partial charge < -0.3 is 15.5 Å². The Balaban J connectivity index is 2.21. The van der Waals surface area contributed by atoms with Crippen LogP contribution in [0, 0.1) is 0 Å². The maximum absolute atomic E-state index is 11.4. The predicted octanol–water partition coefficient (Wildman–Crippen LogP) is -0.667. The number of nitrogens with one attached hydrogen (secondary N) is 2. The molecule has 1 saturated heterocycles. The highest BCUT2D eigenvalue weighted by atomic mass is 16.2. The maximum Gasteiger partial charge on any atom is 0.239 e. The molecular formula is C10H19N3O2. The average Bonchev–Trinajstić information content (AvgIpc) is 2.61. The minimum absolute atomic E-state index is 0.0765. The molecule has 2 N–H and O–H groups in total. The Kier molecular flexibility index (Phi) is 4.55. The van der Waals surface area contributed by atoms with Crippen molar-refractivity contribution < 1.29 is 9.59 Å². The molecule has 1 fully saturated rings. The summed E-state index contributed by atoms with van der Waals surface area (Å²) in [5, 5.41) is 5.81. The third-order valence-electron chi connectivity index (χ3n) is 2.60. The molecule has 15 heavy (non-hydrogen) atoms. The number of likely N-dealkylation sites (tertiary alicyclic amines) is 1. The maximum atomic E-state index is 11.4. The number of rotatable bonds is 5. The summed E-state index contributed by atoms with van der Waals surface area (Å²) in [5.41, 5.74) is 0. The molecule has 0 aromatic carbocycles. The lowest BCUT2D eigenvalue weighted by atomic mass is 10.3. The number of likely N-dealkylation sites (N-methyl/N-ethyl adjacent to an activating group) is 1. The average molecular weight is 213 g/mol. The number of hydrogen-bond acceptors (Lipinski definition) is 3. The van der Waals surface area contributed by atoms with Crippen molar-refractivity contribution in [3.8, 4) is 0 Å². The second kappa shape index (κ2) is 5.70. The highest BCUT2D eigenvalue weighted by molar-refractivity contribution is 5.85. The lowest BCUT2D eigenvalue weighted by Crippen LogP contribution is -2.42. The number of hydrogen-bond donors (Lipinski definition) is 2. The molecule has 0 aromatic rings. The van der Waals surface area contributed by atoms with Crippen molar-refractivity contribution in [1.82, 2.24) is 15.5 Å². The van der Waals surface area contributed by atoms with E-state index in [1.165, 1.54) is 0 Å². The van der Waals surface area contributed by atoms with E-state index in [4.69, 9.17) is 0 Å². The van der Waals surface area contributed by atoms with E-state index >= 15 is 0 Å². The highest BCUT2D eigenvalue weighted by Gasteiger charge is 2.22. The third kappa shape index (κ3) is 3.87. The van der Waals surface area contributed by atoms with E-state index in [2.05, 4.69) is 10.6 Å². The molecule has 1 heterocycles. The Labute approximate surface area is 90.2 Å². The molecule has 2 amide bonds. The van der Waals surface area contributed by atoms with Gasteiger partial charge in [0.1, 0.15) is 0 Å². The Morgan fingerprint density at radius 3 is 2.87 bits per heavy atom. The molecule has 5 heteroatoms. The van der Waals surface area contributed by atoms with E-state index < -0.39 is 0 Å². The van der Waals surface area contributed by atoms with Crippen molar-refractivity contribution in [2.24, 2.45) is 0 Å². The predicted molar refractivity (Wildman–Crippen MR) is 57.3 cm³/mol. The molecule has 1 atom stereocenters. The summed E-state index contributed by atoms with van der Waals surface area (Å²) in [6.07, 6.45) is 1.46. The van der Waals surface area contributed by atoms with Gasteiger partial charge in [-0.15, -0.1) is 0 Å². The molecule has 1 unspecified atom stereocenters. The lowest BCUT2D eigenvalue weighted by molar-refractivity contribution is -0.133. The normalized spacial score (nSPS) is 18.0. The van der Waals surface area contributed by atoms with Crippen LogP contribution in [0.2, 0.25) is 0 Å². The minimum Gasteiger partial charge on any atom is -0.353 e. The first-order valence-corrected chi connectivity index (χ1v) is 5.35. The van der Waals surface area contributed by atoms with E-state index in [-0.39, 0.29) is 24.4 Å². The van der Waals surface area contributed by atoms with Crippen molar-refractivity contribution in [2.45, 2.75) is 25.8 Å². The van der Waals surface area contributed by atoms with Gasteiger partial charge in [0.15, 0.2) is 0 Å². The Morgan fingerprint density at radius 1 is 1.60 bits per heavy atom. The van der Waals surface area contributed by atoms with Gasteiger partial charge >= 0.3 is 0 Å². The zero-order chi connectivity index (χ0) is 11.3. The summed E-state index contributed by atoms with van der Waals surface area (Å²) in [5.74, 6) is 0.0131. The van der Waals surface area contributed by atoms with Gasteiger partial charge in [-0.05, 0) is 20.4 Å². The van der Waals surface area contributed by atoms with Crippen LogP contribution in [0.3, 0.4) is 0 Å². The molecular weight excluding hydrogens is 194 g/mol. The fourth-order valence-corrected chi connectivity index (χ4v) is 1.47. The second-order valence-electron chi connectivity index (χ2n) is 3.91. The van der Waals surface area contributed by atoms with Crippen molar-refractivity contribution in [3.63, 3.8) is 0 Å². The van der Waals surface area contributed by atoms with Crippen LogP contribution >= 0.6 is 0 Å². The van der Waals surface area contributed by atoms with Gasteiger partial charge in [0.25, 0.3) is 0 Å². The van der Waals surface area contributed by atoms with E-state index in [1.807, 2.05) is 14.0 Å². The van der Waals surface area contributed by atoms with Crippen molar-refractivity contribution >= 4 is 11.8 Å². The summed E-state index contributed by atoms with van der Waals surface area (Å²) < 4.78 is 0. The minimum atomic E-state index is -0.0765. The first-order chi connectivity index (χ1) is 7.13. The van der Waals surface area contributed by atoms with Crippen LogP contribution < -0.4 is 10.6 Å². The van der Waals surface area contributed by atoms with Crippen LogP contribution in [-0.2, 0) is 9.59 Å². The van der Waals surface area contributed by atoms with Gasteiger partial charge in [-0.1, -0.05) is 0 Å². The zero-order valence-electron chi connectivity index (χ0n) is 9.38. The first kappa shape index (κ1) is 12.0. The lowest BCUT2D eigenvalue weighted by Gasteiger charge is -2.16. The third-order valence-corrected chi connectivity index (χ3v) is 2.60. The molecule has 1 aliphatic heterocycles. The zero-order valence-corrected chi connectivity index (χ0v) is 9.38. The summed E-state index contributed by atoms with van der Waals surface area (Å²) in [6.45, 7) is 3.50. The van der Waals surface area contributed by atoms with E-state index in [0.29, 0.717) is 19.5 Å². The van der Waals surface area contributed by atoms with E-state index in [1.54, 1.807) is 4.90 Å². The van der Waals surface area contributed by atoms with E-state index in [0.717, 1.165) is 6.42 Å². The fourth-order valence-electron chi connectivity index (χ4n) is 1.47. The van der Waals surface area contributed by atoms with Crippen molar-refractivity contribution in [1.29, 1.82) is 0 Å². The number of carbonyl (C=O) groups excluding carboxylic acids is 2. The Bertz CT molecular complexity index is 243. The molecule has 0 spiro atoms. The van der Waals surface area contributed by atoms with Crippen LogP contribution in [0.5, 0.6) is 0 Å². The Morgan fingerprint density at radius 2 is 2.33 bits per heavy atom. The fraction of sp³-hybridized carbons (Fsp3) is 0.800. The SMILES string of the molecule is CNC(C)CNC(=O)CN1CCCC1=O. The largest absolute Gasteiger partial charge is 0.353 e. The summed E-state index contributed by atoms with van der Waals surface area (Å²) >= 11 is 0. The number of amides is 2. The molecule has 5 nitrogen and oxygen atoms in total. The van der Waals surface area contributed by atoms with Gasteiger partial charge in [-0.25, -0.2) is 0 Å². The molecule has 0 aromatic heterocycles. The molecule has 0 radical (unpaired) electrons. The van der Waals surface area contributed by atoms with Crippen molar-refractivity contribution in [3.05, 3.63) is 0 Å². The van der Waals surface area contributed by atoms with Gasteiger partial charge in [-0.3, -0.25) is 9.59 Å². The molecule has 0 saturated carbocycles. The van der Waals surface area contributed by atoms with Crippen LogP contribution in [0.4, 0.5) is 0 Å². The van der Waals surface area contributed by atoms with Crippen molar-refractivity contribution in [2.75, 3.05) is 26.7 Å². The van der Waals surface area contributed by atoms with Gasteiger partial charge in [-0.2, -0.15) is 0 Å². The Hall–Kier alpha value is -1.10. The topological polar surface area (TPSA) is 61.4 Å². The highest BCUT2D eigenvalue weighted by Crippen LogP contribution is 2.08. The van der Waals surface area contributed by atoms with Gasteiger partial charge in [0.2, 0.25) is 11.8 Å². The first-order valence-electron chi connectivity index (χ1n) is 5.35. The van der Waals surface area contributed by atoms with Crippen LogP contribution in [0.15, 0.2) is 0 Å². The quantitative estimate of drug-likeness (QED) is 0.637. The molecule has 0 aliphatic carbocycles. The summed E-state index contributed by atoms with van der Waals surface area (Å²) in [7, 11) is 1.85. The monoisotopic (exact) mass is 213 g/mol. The summed E-state index contributed by atoms with van der Waals surface area (Å²) in [4.78, 5) is 24.3. The number of carbonyl (C=O) groups is 2. The molecule has 1 rings (SSSR count). The second-order valence-corrected chi connectivity index (χ2v) is 3.91. The van der Waals surface area contributed by atoms with E-state index in [9.17, 15) is 9.59 Å².